The largest absolute Gasteiger partial charge is 0.543 e. The summed E-state index contributed by atoms with van der Waals surface area (Å²) in [5.41, 5.74) is 0.0000741. The van der Waals surface area contributed by atoms with E-state index in [0.717, 1.165) is 25.7 Å². The maximum atomic E-state index is 12.1. The van der Waals surface area contributed by atoms with Crippen LogP contribution in [0.2, 0.25) is 0 Å². The Bertz CT molecular complexity index is 550. The highest BCUT2D eigenvalue weighted by Gasteiger charge is 2.22. The Labute approximate surface area is 153 Å². The number of methoxy groups -OCH3 is 2. The van der Waals surface area contributed by atoms with E-state index in [-0.39, 0.29) is 29.6 Å². The van der Waals surface area contributed by atoms with Crippen molar-refractivity contribution in [1.82, 2.24) is 0 Å². The van der Waals surface area contributed by atoms with E-state index in [4.69, 9.17) is 14.2 Å². The van der Waals surface area contributed by atoms with Crippen molar-refractivity contribution in [2.75, 3.05) is 20.8 Å². The molecule has 1 atom stereocenters. The number of rotatable bonds is 11. The summed E-state index contributed by atoms with van der Waals surface area (Å²) in [6.45, 7) is 4.33. The molecule has 0 aromatic heterocycles. The minimum atomic E-state index is -1.08. The predicted molar refractivity (Wildman–Crippen MR) is 91.8 cm³/mol. The van der Waals surface area contributed by atoms with E-state index in [1.807, 2.05) is 6.92 Å². The molecule has 1 aromatic carbocycles. The summed E-state index contributed by atoms with van der Waals surface area (Å²) in [5.74, 6) is -0.242. The molecule has 8 heteroatoms. The molecule has 0 heterocycles. The van der Waals surface area contributed by atoms with Gasteiger partial charge in [-0.3, -0.25) is 4.89 Å². The van der Waals surface area contributed by atoms with Crippen LogP contribution in [0.25, 0.3) is 0 Å². The second-order valence-corrected chi connectivity index (χ2v) is 5.54. The highest BCUT2D eigenvalue weighted by Crippen LogP contribution is 2.28. The fraction of sp³-hybridized carbons (Fsp3) is 0.556. The molecule has 0 aliphatic carbocycles. The van der Waals surface area contributed by atoms with Crippen molar-refractivity contribution in [3.8, 4) is 11.5 Å². The van der Waals surface area contributed by atoms with Crippen molar-refractivity contribution < 1.29 is 38.6 Å². The molecule has 1 unspecified atom stereocenters. The molecule has 26 heavy (non-hydrogen) atoms. The third-order valence-electron chi connectivity index (χ3n) is 3.82. The molecule has 0 radical (unpaired) electrons. The van der Waals surface area contributed by atoms with E-state index in [9.17, 15) is 9.59 Å². The van der Waals surface area contributed by atoms with Crippen LogP contribution >= 0.6 is 0 Å². The molecule has 0 amide bonds. The van der Waals surface area contributed by atoms with Gasteiger partial charge in [0.1, 0.15) is 17.1 Å². The summed E-state index contributed by atoms with van der Waals surface area (Å²) in [4.78, 5) is 32.3. The van der Waals surface area contributed by atoms with Crippen molar-refractivity contribution in [2.45, 2.75) is 39.5 Å². The Morgan fingerprint density at radius 2 is 1.69 bits per heavy atom. The Balaban J connectivity index is 2.45. The molecule has 0 bridgehead atoms. The molecule has 0 saturated heterocycles. The molecule has 8 nitrogen and oxygen atoms in total. The van der Waals surface area contributed by atoms with Crippen molar-refractivity contribution in [3.05, 3.63) is 23.8 Å². The van der Waals surface area contributed by atoms with Crippen LogP contribution in [0.1, 0.15) is 49.9 Å². The second-order valence-electron chi connectivity index (χ2n) is 5.54. The van der Waals surface area contributed by atoms with Crippen LogP contribution in [-0.4, -0.2) is 33.0 Å². The monoisotopic (exact) mass is 370 g/mol. The first kappa shape index (κ1) is 21.6. The van der Waals surface area contributed by atoms with Gasteiger partial charge in [-0.05, 0) is 24.5 Å². The first-order chi connectivity index (χ1) is 12.6. The van der Waals surface area contributed by atoms with E-state index in [1.165, 1.54) is 14.2 Å². The highest BCUT2D eigenvalue weighted by atomic mass is 17.5. The third-order valence-corrected chi connectivity index (χ3v) is 3.82. The lowest BCUT2D eigenvalue weighted by molar-refractivity contribution is -0.452. The van der Waals surface area contributed by atoms with Gasteiger partial charge in [0.25, 0.3) is 0 Å². The minimum absolute atomic E-state index is 0.0000741. The zero-order chi connectivity index (χ0) is 19.4. The van der Waals surface area contributed by atoms with Crippen molar-refractivity contribution in [3.63, 3.8) is 0 Å². The van der Waals surface area contributed by atoms with Crippen LogP contribution in [0.3, 0.4) is 0 Å². The van der Waals surface area contributed by atoms with Gasteiger partial charge >= 0.3 is 12.1 Å². The topological polar surface area (TPSA) is 89.5 Å². The van der Waals surface area contributed by atoms with Gasteiger partial charge in [0, 0.05) is 0 Å². The highest BCUT2D eigenvalue weighted by molar-refractivity contribution is 5.95. The summed E-state index contributed by atoms with van der Waals surface area (Å²) in [7, 11) is 2.78. The number of hydrogen-bond acceptors (Lipinski definition) is 8. The summed E-state index contributed by atoms with van der Waals surface area (Å²) in [6, 6.07) is 4.75. The van der Waals surface area contributed by atoms with Crippen LogP contribution in [0, 0.1) is 5.92 Å². The zero-order valence-corrected chi connectivity index (χ0v) is 15.6. The van der Waals surface area contributed by atoms with Gasteiger partial charge in [-0.2, -0.15) is 0 Å². The first-order valence-corrected chi connectivity index (χ1v) is 8.50. The number of hydrogen-bond donors (Lipinski definition) is 0. The fourth-order valence-corrected chi connectivity index (χ4v) is 2.28. The maximum absolute atomic E-state index is 12.1. The van der Waals surface area contributed by atoms with Crippen LogP contribution < -0.4 is 9.47 Å². The lowest BCUT2D eigenvalue weighted by atomic mass is 10.0. The van der Waals surface area contributed by atoms with Gasteiger partial charge in [-0.15, -0.1) is 0 Å². The van der Waals surface area contributed by atoms with Crippen LogP contribution in [0.4, 0.5) is 4.79 Å². The molecule has 0 N–H and O–H groups in total. The van der Waals surface area contributed by atoms with Gasteiger partial charge in [0.05, 0.1) is 25.9 Å². The Morgan fingerprint density at radius 1 is 1.04 bits per heavy atom. The van der Waals surface area contributed by atoms with E-state index in [0.29, 0.717) is 0 Å². The molecule has 0 aliphatic heterocycles. The molecular formula is C18H26O8. The molecule has 0 spiro atoms. The van der Waals surface area contributed by atoms with Crippen molar-refractivity contribution >= 4 is 12.1 Å². The standard InChI is InChI=1S/C18H26O8/c1-5-7-9-13(6-2)12-23-18(20)25-26-24-17(19)16-14(21-3)10-8-11-15(16)22-4/h8,10-11,13H,5-7,9,12H2,1-4H3. The van der Waals surface area contributed by atoms with Crippen LogP contribution in [0.5, 0.6) is 11.5 Å². The van der Waals surface area contributed by atoms with E-state index in [2.05, 4.69) is 21.7 Å². The second kappa shape index (κ2) is 12.0. The number of unbranched alkanes of at least 4 members (excludes halogenated alkanes) is 1. The molecule has 0 fully saturated rings. The van der Waals surface area contributed by atoms with Crippen molar-refractivity contribution in [2.24, 2.45) is 5.92 Å². The lowest BCUT2D eigenvalue weighted by Crippen LogP contribution is -2.17. The smallest absolute Gasteiger partial charge is 0.496 e. The van der Waals surface area contributed by atoms with Crippen LogP contribution in [0.15, 0.2) is 18.2 Å². The van der Waals surface area contributed by atoms with Gasteiger partial charge in [-0.25, -0.2) is 14.5 Å². The number of carbonyl (C=O) groups excluding carboxylic acids is 2. The summed E-state index contributed by atoms with van der Waals surface area (Å²) < 4.78 is 15.1. The number of benzene rings is 1. The zero-order valence-electron chi connectivity index (χ0n) is 15.6. The molecular weight excluding hydrogens is 344 g/mol. The molecule has 1 rings (SSSR count). The summed E-state index contributed by atoms with van der Waals surface area (Å²) >= 11 is 0. The average molecular weight is 370 g/mol. The van der Waals surface area contributed by atoms with Crippen molar-refractivity contribution in [1.29, 1.82) is 0 Å². The van der Waals surface area contributed by atoms with Gasteiger partial charge in [0.2, 0.25) is 0 Å². The van der Waals surface area contributed by atoms with E-state index in [1.54, 1.807) is 18.2 Å². The molecule has 1 aromatic rings. The van der Waals surface area contributed by atoms with Gasteiger partial charge in [0.15, 0.2) is 0 Å². The molecule has 0 saturated carbocycles. The fourth-order valence-electron chi connectivity index (χ4n) is 2.28. The lowest BCUT2D eigenvalue weighted by Gasteiger charge is -2.13. The Hall–Kier alpha value is -2.48. The Kier molecular flexibility index (Phi) is 9.93. The number of carbonyl (C=O) groups is 2. The third kappa shape index (κ3) is 6.79. The minimum Gasteiger partial charge on any atom is -0.496 e. The van der Waals surface area contributed by atoms with Gasteiger partial charge in [-0.1, -0.05) is 39.2 Å². The normalized spacial score (nSPS) is 11.4. The Morgan fingerprint density at radius 3 is 2.23 bits per heavy atom. The SMILES string of the molecule is CCCCC(CC)COC(=O)OOOC(=O)c1c(OC)cccc1OC. The summed E-state index contributed by atoms with van der Waals surface area (Å²) in [5, 5.41) is 4.22. The first-order valence-electron chi connectivity index (χ1n) is 8.50. The summed E-state index contributed by atoms with van der Waals surface area (Å²) in [6.07, 6.45) is 2.90. The molecule has 0 aliphatic rings. The van der Waals surface area contributed by atoms with E-state index >= 15 is 0 Å². The number of ether oxygens (including phenoxy) is 3. The molecule has 146 valence electrons. The van der Waals surface area contributed by atoms with Crippen LogP contribution in [-0.2, 0) is 19.6 Å². The average Bonchev–Trinajstić information content (AvgIpc) is 2.67. The maximum Gasteiger partial charge on any atom is 0.543 e. The quantitative estimate of drug-likeness (QED) is 0.327. The van der Waals surface area contributed by atoms with Gasteiger partial charge < -0.3 is 14.2 Å². The van der Waals surface area contributed by atoms with E-state index < -0.39 is 12.1 Å². The predicted octanol–water partition coefficient (Wildman–Crippen LogP) is 4.08.